The summed E-state index contributed by atoms with van der Waals surface area (Å²) in [5.41, 5.74) is 0.0276. The monoisotopic (exact) mass is 256 g/mol. The first-order valence-corrected chi connectivity index (χ1v) is 6.04. The molecular formula is C10H11NO5P. The molecule has 1 aliphatic rings. The standard InChI is InChI=1S/C10H11NO5P/c1-8-6-14-17(15-7-8)16-10-4-2-9(3-5-10)11(12)13/h2-5H,6-7H2,1H3. The molecule has 0 spiro atoms. The minimum absolute atomic E-state index is 0.0276. The van der Waals surface area contributed by atoms with E-state index in [-0.39, 0.29) is 5.69 Å². The molecule has 2 rings (SSSR count). The molecule has 0 atom stereocenters. The third-order valence-corrected chi connectivity index (χ3v) is 3.10. The molecule has 1 heterocycles. The van der Waals surface area contributed by atoms with Gasteiger partial charge in [-0.2, -0.15) is 0 Å². The molecule has 0 bridgehead atoms. The molecule has 0 N–H and O–H groups in total. The predicted octanol–water partition coefficient (Wildman–Crippen LogP) is 2.84. The van der Waals surface area contributed by atoms with Gasteiger partial charge in [0, 0.05) is 18.1 Å². The molecule has 91 valence electrons. The van der Waals surface area contributed by atoms with E-state index in [9.17, 15) is 10.1 Å². The molecular weight excluding hydrogens is 245 g/mol. The highest BCUT2D eigenvalue weighted by molar-refractivity contribution is 7.42. The molecule has 0 unspecified atom stereocenters. The Morgan fingerprint density at radius 3 is 2.41 bits per heavy atom. The van der Waals surface area contributed by atoms with Gasteiger partial charge in [-0.3, -0.25) is 10.1 Å². The number of benzene rings is 1. The molecule has 1 radical (unpaired) electrons. The van der Waals surface area contributed by atoms with Crippen molar-refractivity contribution >= 4 is 14.3 Å². The maximum Gasteiger partial charge on any atom is 0.397 e. The Morgan fingerprint density at radius 2 is 1.88 bits per heavy atom. The van der Waals surface area contributed by atoms with E-state index in [2.05, 4.69) is 0 Å². The zero-order valence-electron chi connectivity index (χ0n) is 9.16. The molecule has 1 saturated heterocycles. The minimum atomic E-state index is -1.39. The summed E-state index contributed by atoms with van der Waals surface area (Å²) in [5, 5.41) is 10.5. The van der Waals surface area contributed by atoms with Crippen molar-refractivity contribution in [3.63, 3.8) is 0 Å². The van der Waals surface area contributed by atoms with Gasteiger partial charge in [0.2, 0.25) is 0 Å². The molecule has 1 aromatic rings. The van der Waals surface area contributed by atoms with Crippen molar-refractivity contribution in [3.8, 4) is 5.75 Å². The third kappa shape index (κ3) is 3.36. The number of rotatable bonds is 3. The number of hydrogen-bond donors (Lipinski definition) is 0. The van der Waals surface area contributed by atoms with Crippen LogP contribution in [0.15, 0.2) is 24.3 Å². The summed E-state index contributed by atoms with van der Waals surface area (Å²) in [6.07, 6.45) is 0. The van der Waals surface area contributed by atoms with E-state index in [1.54, 1.807) is 0 Å². The van der Waals surface area contributed by atoms with Crippen LogP contribution in [0.5, 0.6) is 5.75 Å². The number of hydrogen-bond acceptors (Lipinski definition) is 5. The van der Waals surface area contributed by atoms with Gasteiger partial charge < -0.3 is 13.6 Å². The number of nitro benzene ring substituents is 1. The summed E-state index contributed by atoms with van der Waals surface area (Å²) in [6.45, 7) is 3.00. The van der Waals surface area contributed by atoms with E-state index in [1.165, 1.54) is 24.3 Å². The van der Waals surface area contributed by atoms with E-state index in [0.29, 0.717) is 19.0 Å². The Labute approximate surface area is 99.6 Å². The van der Waals surface area contributed by atoms with Crippen LogP contribution in [0.1, 0.15) is 6.92 Å². The quantitative estimate of drug-likeness (QED) is 0.472. The lowest BCUT2D eigenvalue weighted by molar-refractivity contribution is -0.384. The van der Waals surface area contributed by atoms with Gasteiger partial charge in [-0.25, -0.2) is 0 Å². The summed E-state index contributed by atoms with van der Waals surface area (Å²) in [5.74, 6) is 1.61. The van der Waals surface area contributed by atoms with E-state index in [1.807, 2.05) is 6.92 Å². The van der Waals surface area contributed by atoms with Crippen molar-refractivity contribution in [1.82, 2.24) is 0 Å². The Hall–Kier alpha value is -1.23. The van der Waals surface area contributed by atoms with Crippen LogP contribution in [0, 0.1) is 16.0 Å². The summed E-state index contributed by atoms with van der Waals surface area (Å²) in [6, 6.07) is 5.81. The van der Waals surface area contributed by atoms with Crippen LogP contribution in [-0.2, 0) is 9.05 Å². The van der Waals surface area contributed by atoms with Crippen molar-refractivity contribution in [2.75, 3.05) is 13.2 Å². The minimum Gasteiger partial charge on any atom is -0.427 e. The smallest absolute Gasteiger partial charge is 0.397 e. The SMILES string of the molecule is C[C]1COP(Oc2ccc([N+](=O)[O-])cc2)OC1. The number of nitro groups is 1. The fraction of sp³-hybridized carbons (Fsp3) is 0.300. The summed E-state index contributed by atoms with van der Waals surface area (Å²) in [7, 11) is -1.39. The summed E-state index contributed by atoms with van der Waals surface area (Å²) in [4.78, 5) is 10.00. The van der Waals surface area contributed by atoms with Gasteiger partial charge in [0.15, 0.2) is 0 Å². The van der Waals surface area contributed by atoms with Crippen LogP contribution >= 0.6 is 8.60 Å². The van der Waals surface area contributed by atoms with Crippen LogP contribution < -0.4 is 4.52 Å². The van der Waals surface area contributed by atoms with Gasteiger partial charge >= 0.3 is 8.60 Å². The first-order valence-electron chi connectivity index (χ1n) is 4.95. The lowest BCUT2D eigenvalue weighted by atomic mass is 10.2. The van der Waals surface area contributed by atoms with Crippen molar-refractivity contribution in [2.45, 2.75) is 6.92 Å². The second-order valence-electron chi connectivity index (χ2n) is 3.57. The van der Waals surface area contributed by atoms with E-state index in [0.717, 1.165) is 5.92 Å². The fourth-order valence-corrected chi connectivity index (χ4v) is 2.30. The highest BCUT2D eigenvalue weighted by Gasteiger charge is 2.23. The topological polar surface area (TPSA) is 70.8 Å². The second-order valence-corrected chi connectivity index (χ2v) is 4.72. The van der Waals surface area contributed by atoms with Crippen molar-refractivity contribution < 1.29 is 18.5 Å². The number of non-ortho nitro benzene ring substituents is 1. The lowest BCUT2D eigenvalue weighted by Gasteiger charge is -2.24. The second kappa shape index (κ2) is 5.40. The van der Waals surface area contributed by atoms with Gasteiger partial charge in [0.25, 0.3) is 5.69 Å². The molecule has 0 aliphatic carbocycles. The molecule has 17 heavy (non-hydrogen) atoms. The Balaban J connectivity index is 1.92. The largest absolute Gasteiger partial charge is 0.427 e. The molecule has 1 aromatic carbocycles. The molecule has 6 nitrogen and oxygen atoms in total. The van der Waals surface area contributed by atoms with Crippen molar-refractivity contribution in [1.29, 1.82) is 0 Å². The zero-order chi connectivity index (χ0) is 12.3. The Bertz CT molecular complexity index is 388. The molecule has 0 aromatic heterocycles. The normalized spacial score (nSPS) is 17.9. The maximum absolute atomic E-state index is 10.5. The van der Waals surface area contributed by atoms with E-state index >= 15 is 0 Å². The molecule has 0 amide bonds. The zero-order valence-corrected chi connectivity index (χ0v) is 10.1. The van der Waals surface area contributed by atoms with Crippen LogP contribution in [0.25, 0.3) is 0 Å². The summed E-state index contributed by atoms with van der Waals surface area (Å²) >= 11 is 0. The molecule has 7 heteroatoms. The average Bonchev–Trinajstić information content (AvgIpc) is 2.33. The van der Waals surface area contributed by atoms with Crippen molar-refractivity contribution in [3.05, 3.63) is 40.3 Å². The van der Waals surface area contributed by atoms with Crippen LogP contribution in [0.3, 0.4) is 0 Å². The maximum atomic E-state index is 10.5. The number of nitrogens with zero attached hydrogens (tertiary/aromatic N) is 1. The third-order valence-electron chi connectivity index (χ3n) is 2.06. The Morgan fingerprint density at radius 1 is 1.29 bits per heavy atom. The first kappa shape index (κ1) is 12.2. The van der Waals surface area contributed by atoms with E-state index in [4.69, 9.17) is 13.6 Å². The van der Waals surface area contributed by atoms with Gasteiger partial charge in [0.05, 0.1) is 18.1 Å². The average molecular weight is 256 g/mol. The Kier molecular flexibility index (Phi) is 3.89. The van der Waals surface area contributed by atoms with Gasteiger partial charge in [-0.05, 0) is 12.1 Å². The fourth-order valence-electron chi connectivity index (χ4n) is 1.17. The highest BCUT2D eigenvalue weighted by atomic mass is 31.2. The van der Waals surface area contributed by atoms with Crippen LogP contribution in [-0.4, -0.2) is 18.1 Å². The van der Waals surface area contributed by atoms with Crippen molar-refractivity contribution in [2.24, 2.45) is 0 Å². The van der Waals surface area contributed by atoms with Crippen LogP contribution in [0.2, 0.25) is 0 Å². The molecule has 1 fully saturated rings. The van der Waals surface area contributed by atoms with Crippen LogP contribution in [0.4, 0.5) is 5.69 Å². The van der Waals surface area contributed by atoms with E-state index < -0.39 is 13.5 Å². The first-order chi connectivity index (χ1) is 8.15. The highest BCUT2D eigenvalue weighted by Crippen LogP contribution is 2.44. The lowest BCUT2D eigenvalue weighted by Crippen LogP contribution is -2.16. The van der Waals surface area contributed by atoms with Gasteiger partial charge in [0.1, 0.15) is 5.75 Å². The van der Waals surface area contributed by atoms with Gasteiger partial charge in [-0.15, -0.1) is 0 Å². The van der Waals surface area contributed by atoms with Gasteiger partial charge in [-0.1, -0.05) is 6.92 Å². The molecule has 1 aliphatic heterocycles. The summed E-state index contributed by atoms with van der Waals surface area (Å²) < 4.78 is 16.1. The predicted molar refractivity (Wildman–Crippen MR) is 61.5 cm³/mol. The molecule has 0 saturated carbocycles.